The van der Waals surface area contributed by atoms with Crippen molar-refractivity contribution in [2.45, 2.75) is 51.7 Å². The van der Waals surface area contributed by atoms with E-state index in [1.54, 1.807) is 16.9 Å². The fourth-order valence-corrected chi connectivity index (χ4v) is 4.72. The van der Waals surface area contributed by atoms with Crippen molar-refractivity contribution in [1.82, 2.24) is 29.5 Å². The number of hydrogen-bond acceptors (Lipinski definition) is 6. The van der Waals surface area contributed by atoms with Gasteiger partial charge in [0, 0.05) is 25.5 Å². The molecule has 2 N–H and O–H groups in total. The summed E-state index contributed by atoms with van der Waals surface area (Å²) in [6, 6.07) is 4.14. The van der Waals surface area contributed by atoms with E-state index in [0.29, 0.717) is 22.9 Å². The molecule has 1 aliphatic rings. The van der Waals surface area contributed by atoms with E-state index in [9.17, 15) is 4.79 Å². The molecule has 2 atom stereocenters. The Morgan fingerprint density at radius 2 is 2.00 bits per heavy atom. The van der Waals surface area contributed by atoms with Crippen LogP contribution < -0.4 is 15.4 Å². The zero-order valence-corrected chi connectivity index (χ0v) is 19.4. The number of ether oxygens (including phenoxy) is 1. The molecular weight excluding hydrogens is 418 g/mol. The minimum Gasteiger partial charge on any atom is -0.490 e. The third-order valence-corrected chi connectivity index (χ3v) is 6.29. The van der Waals surface area contributed by atoms with Gasteiger partial charge in [0.25, 0.3) is 5.91 Å². The van der Waals surface area contributed by atoms with Crippen LogP contribution in [0.1, 0.15) is 47.4 Å². The van der Waals surface area contributed by atoms with Gasteiger partial charge in [-0.05, 0) is 58.7 Å². The van der Waals surface area contributed by atoms with Gasteiger partial charge < -0.3 is 19.8 Å². The van der Waals surface area contributed by atoms with Crippen molar-refractivity contribution >= 4 is 28.3 Å². The number of carbonyl (C=O) groups is 1. The molecule has 33 heavy (non-hydrogen) atoms. The van der Waals surface area contributed by atoms with Gasteiger partial charge in [-0.3, -0.25) is 14.5 Å². The molecule has 5 rings (SSSR count). The van der Waals surface area contributed by atoms with Crippen LogP contribution in [0, 0.1) is 13.8 Å². The first kappa shape index (κ1) is 21.4. The summed E-state index contributed by atoms with van der Waals surface area (Å²) in [5.74, 6) is 0.977. The summed E-state index contributed by atoms with van der Waals surface area (Å²) >= 11 is 0. The van der Waals surface area contributed by atoms with Gasteiger partial charge in [0.15, 0.2) is 11.5 Å². The number of rotatable bonds is 5. The number of aryl methyl sites for hydroxylation is 3. The molecular formula is C24H29N7O2. The molecule has 3 aromatic heterocycles. The van der Waals surface area contributed by atoms with E-state index < -0.39 is 0 Å². The monoisotopic (exact) mass is 447 g/mol. The highest BCUT2D eigenvalue weighted by Crippen LogP contribution is 2.31. The first-order valence-corrected chi connectivity index (χ1v) is 11.4. The van der Waals surface area contributed by atoms with Gasteiger partial charge in [-0.2, -0.15) is 5.10 Å². The Morgan fingerprint density at radius 1 is 1.15 bits per heavy atom. The van der Waals surface area contributed by atoms with Crippen LogP contribution in [-0.4, -0.2) is 49.2 Å². The van der Waals surface area contributed by atoms with Gasteiger partial charge in [0.05, 0.1) is 28.5 Å². The predicted molar refractivity (Wildman–Crippen MR) is 127 cm³/mol. The molecule has 0 radical (unpaired) electrons. The van der Waals surface area contributed by atoms with Crippen molar-refractivity contribution in [2.75, 3.05) is 12.4 Å². The summed E-state index contributed by atoms with van der Waals surface area (Å²) in [6.45, 7) is 3.83. The zero-order chi connectivity index (χ0) is 23.1. The third-order valence-electron chi connectivity index (χ3n) is 6.29. The maximum atomic E-state index is 13.2. The van der Waals surface area contributed by atoms with Gasteiger partial charge in [0.1, 0.15) is 17.4 Å². The highest BCUT2D eigenvalue weighted by molar-refractivity contribution is 6.12. The summed E-state index contributed by atoms with van der Waals surface area (Å²) in [6.07, 6.45) is 10.1. The van der Waals surface area contributed by atoms with Crippen LogP contribution in [0.5, 0.6) is 5.75 Å². The lowest BCUT2D eigenvalue weighted by molar-refractivity contribution is 0.102. The number of carbonyl (C=O) groups excluding carboxylic acids is 1. The predicted octanol–water partition coefficient (Wildman–Crippen LogP) is 3.39. The second-order valence-electron chi connectivity index (χ2n) is 8.85. The number of nitrogens with one attached hydrogen (secondary N) is 2. The standard InChI is InChI=1S/C24H29N7O2/c1-14-11-31-13-21(27-23(31)15(2)26-14)28-24(32)18-8-9-20(19-12-30(4)29-22(18)19)33-17-7-5-6-16(10-17)25-3/h8-9,11-13,16-17,25H,5-7,10H2,1-4H3,(H,28,32). The SMILES string of the molecule is CNC1CCCC(Oc2ccc(C(=O)Nc3cn4cc(C)nc(C)c4n3)c3nn(C)cc23)C1. The summed E-state index contributed by atoms with van der Waals surface area (Å²) in [4.78, 5) is 22.1. The van der Waals surface area contributed by atoms with Gasteiger partial charge in [-0.1, -0.05) is 0 Å². The van der Waals surface area contributed by atoms with Crippen LogP contribution in [-0.2, 0) is 7.05 Å². The lowest BCUT2D eigenvalue weighted by atomic mass is 9.93. The van der Waals surface area contributed by atoms with E-state index in [-0.39, 0.29) is 12.0 Å². The summed E-state index contributed by atoms with van der Waals surface area (Å²) < 4.78 is 9.98. The number of nitrogens with zero attached hydrogens (tertiary/aromatic N) is 5. The summed E-state index contributed by atoms with van der Waals surface area (Å²) in [5.41, 5.74) is 3.52. The number of aromatic nitrogens is 5. The van der Waals surface area contributed by atoms with Gasteiger partial charge >= 0.3 is 0 Å². The molecule has 1 aliphatic carbocycles. The largest absolute Gasteiger partial charge is 0.490 e. The Kier molecular flexibility index (Phi) is 5.49. The van der Waals surface area contributed by atoms with E-state index in [1.807, 2.05) is 50.8 Å². The van der Waals surface area contributed by atoms with E-state index in [1.165, 1.54) is 6.42 Å². The highest BCUT2D eigenvalue weighted by Gasteiger charge is 2.24. The van der Waals surface area contributed by atoms with Gasteiger partial charge in [-0.15, -0.1) is 0 Å². The first-order chi connectivity index (χ1) is 15.9. The Bertz CT molecular complexity index is 1340. The lowest BCUT2D eigenvalue weighted by Crippen LogP contribution is -2.36. The molecule has 0 spiro atoms. The van der Waals surface area contributed by atoms with E-state index >= 15 is 0 Å². The van der Waals surface area contributed by atoms with E-state index in [4.69, 9.17) is 4.74 Å². The van der Waals surface area contributed by atoms with Crippen molar-refractivity contribution in [3.05, 3.63) is 47.7 Å². The van der Waals surface area contributed by atoms with Crippen molar-refractivity contribution < 1.29 is 9.53 Å². The first-order valence-electron chi connectivity index (χ1n) is 11.4. The molecule has 9 nitrogen and oxygen atoms in total. The van der Waals surface area contributed by atoms with Crippen molar-refractivity contribution in [2.24, 2.45) is 7.05 Å². The molecule has 1 saturated carbocycles. The van der Waals surface area contributed by atoms with Gasteiger partial charge in [-0.25, -0.2) is 4.98 Å². The molecule has 9 heteroatoms. The Balaban J connectivity index is 1.42. The number of anilines is 1. The molecule has 1 aromatic carbocycles. The maximum absolute atomic E-state index is 13.2. The third kappa shape index (κ3) is 4.16. The van der Waals surface area contributed by atoms with Crippen LogP contribution in [0.25, 0.3) is 16.6 Å². The second kappa shape index (κ2) is 8.47. The summed E-state index contributed by atoms with van der Waals surface area (Å²) in [7, 11) is 3.85. The van der Waals surface area contributed by atoms with Crippen molar-refractivity contribution in [3.63, 3.8) is 0 Å². The van der Waals surface area contributed by atoms with Crippen molar-refractivity contribution in [1.29, 1.82) is 0 Å². The van der Waals surface area contributed by atoms with Crippen LogP contribution in [0.4, 0.5) is 5.82 Å². The van der Waals surface area contributed by atoms with E-state index in [2.05, 4.69) is 25.7 Å². The molecule has 3 heterocycles. The van der Waals surface area contributed by atoms with Crippen LogP contribution in [0.2, 0.25) is 0 Å². The Morgan fingerprint density at radius 3 is 2.82 bits per heavy atom. The topological polar surface area (TPSA) is 98.4 Å². The molecule has 172 valence electrons. The normalized spacial score (nSPS) is 18.7. The highest BCUT2D eigenvalue weighted by atomic mass is 16.5. The lowest BCUT2D eigenvalue weighted by Gasteiger charge is -2.29. The van der Waals surface area contributed by atoms with Crippen LogP contribution >= 0.6 is 0 Å². The fraction of sp³-hybridized carbons (Fsp3) is 0.417. The Labute approximate surface area is 192 Å². The Hall–Kier alpha value is -3.46. The second-order valence-corrected chi connectivity index (χ2v) is 8.85. The number of fused-ring (bicyclic) bond motifs is 2. The average molecular weight is 448 g/mol. The zero-order valence-electron chi connectivity index (χ0n) is 19.4. The molecule has 0 bridgehead atoms. The van der Waals surface area contributed by atoms with Crippen LogP contribution in [0.3, 0.4) is 0 Å². The van der Waals surface area contributed by atoms with E-state index in [0.717, 1.165) is 47.4 Å². The maximum Gasteiger partial charge on any atom is 0.259 e. The number of amides is 1. The smallest absolute Gasteiger partial charge is 0.259 e. The molecule has 0 aliphatic heterocycles. The van der Waals surface area contributed by atoms with Crippen LogP contribution in [0.15, 0.2) is 30.7 Å². The minimum atomic E-state index is -0.260. The fourth-order valence-electron chi connectivity index (χ4n) is 4.72. The molecule has 0 saturated heterocycles. The summed E-state index contributed by atoms with van der Waals surface area (Å²) in [5, 5.41) is 11.7. The number of benzene rings is 1. The molecule has 4 aromatic rings. The van der Waals surface area contributed by atoms with Gasteiger partial charge in [0.2, 0.25) is 0 Å². The average Bonchev–Trinajstić information content (AvgIpc) is 3.37. The quantitative estimate of drug-likeness (QED) is 0.487. The minimum absolute atomic E-state index is 0.151. The van der Waals surface area contributed by atoms with Crippen molar-refractivity contribution in [3.8, 4) is 5.75 Å². The molecule has 1 fully saturated rings. The number of imidazole rings is 1. The molecule has 1 amide bonds. The molecule has 2 unspecified atom stereocenters. The number of hydrogen-bond donors (Lipinski definition) is 2.